The van der Waals surface area contributed by atoms with Crippen LogP contribution in [0.1, 0.15) is 69.1 Å². The van der Waals surface area contributed by atoms with Crippen LogP contribution in [0, 0.1) is 5.92 Å². The largest absolute Gasteiger partial charge is 0.481 e. The fraction of sp³-hybridized carbons (Fsp3) is 0.688. The van der Waals surface area contributed by atoms with Crippen molar-refractivity contribution in [2.75, 3.05) is 0 Å². The van der Waals surface area contributed by atoms with Gasteiger partial charge in [-0.25, -0.2) is 0 Å². The quantitative estimate of drug-likeness (QED) is 0.838. The van der Waals surface area contributed by atoms with Gasteiger partial charge >= 0.3 is 5.97 Å². The molecule has 6 nitrogen and oxygen atoms in total. The molecular formula is C16H24N2O4. The third kappa shape index (κ3) is 3.87. The summed E-state index contributed by atoms with van der Waals surface area (Å²) in [6.07, 6.45) is 4.12. The Morgan fingerprint density at radius 2 is 1.95 bits per heavy atom. The van der Waals surface area contributed by atoms with E-state index in [9.17, 15) is 14.7 Å². The van der Waals surface area contributed by atoms with Gasteiger partial charge in [0.05, 0.1) is 5.92 Å². The molecule has 2 N–H and O–H groups in total. The average molecular weight is 308 g/mol. The molecule has 0 aliphatic heterocycles. The number of aromatic nitrogens is 1. The van der Waals surface area contributed by atoms with E-state index in [-0.39, 0.29) is 23.1 Å². The fourth-order valence-corrected chi connectivity index (χ4v) is 2.75. The Bertz CT molecular complexity index is 545. The molecule has 2 rings (SSSR count). The first-order valence-corrected chi connectivity index (χ1v) is 7.80. The first-order valence-electron chi connectivity index (χ1n) is 7.80. The molecule has 0 spiro atoms. The maximum Gasteiger partial charge on any atom is 0.308 e. The number of nitrogens with one attached hydrogen (secondary N) is 1. The monoisotopic (exact) mass is 308 g/mol. The molecule has 1 aromatic rings. The van der Waals surface area contributed by atoms with Crippen molar-refractivity contribution in [2.24, 2.45) is 5.92 Å². The van der Waals surface area contributed by atoms with Crippen LogP contribution in [0.4, 0.5) is 0 Å². The van der Waals surface area contributed by atoms with Crippen LogP contribution in [0.2, 0.25) is 0 Å². The summed E-state index contributed by atoms with van der Waals surface area (Å²) in [5.74, 6) is -1.10. The molecule has 1 aliphatic rings. The van der Waals surface area contributed by atoms with Crippen molar-refractivity contribution in [3.8, 4) is 0 Å². The zero-order valence-corrected chi connectivity index (χ0v) is 13.4. The lowest BCUT2D eigenvalue weighted by atomic mass is 9.93. The number of carbonyl (C=O) groups is 2. The molecule has 1 amide bonds. The van der Waals surface area contributed by atoms with Crippen LogP contribution in [-0.2, 0) is 10.2 Å². The summed E-state index contributed by atoms with van der Waals surface area (Å²) in [5.41, 5.74) is -0.0180. The van der Waals surface area contributed by atoms with Gasteiger partial charge in [-0.15, -0.1) is 0 Å². The SMILES string of the molecule is CC(C)(C)c1cc(C(=O)N[C@H]2CCCCC[C@H]2C(=O)O)no1. The third-order valence-corrected chi connectivity index (χ3v) is 4.13. The van der Waals surface area contributed by atoms with E-state index in [0.717, 1.165) is 19.3 Å². The average Bonchev–Trinajstić information content (AvgIpc) is 2.81. The topological polar surface area (TPSA) is 92.4 Å². The van der Waals surface area contributed by atoms with Gasteiger partial charge < -0.3 is 14.9 Å². The maximum atomic E-state index is 12.3. The Balaban J connectivity index is 2.09. The van der Waals surface area contributed by atoms with Gasteiger partial charge in [-0.1, -0.05) is 45.2 Å². The maximum absolute atomic E-state index is 12.3. The Labute approximate surface area is 130 Å². The number of amides is 1. The van der Waals surface area contributed by atoms with E-state index in [1.165, 1.54) is 0 Å². The van der Waals surface area contributed by atoms with E-state index in [1.54, 1.807) is 6.07 Å². The van der Waals surface area contributed by atoms with Crippen LogP contribution < -0.4 is 5.32 Å². The molecule has 2 atom stereocenters. The molecule has 1 aliphatic carbocycles. The fourth-order valence-electron chi connectivity index (χ4n) is 2.75. The summed E-state index contributed by atoms with van der Waals surface area (Å²) in [6.45, 7) is 5.92. The number of hydrogen-bond acceptors (Lipinski definition) is 4. The highest BCUT2D eigenvalue weighted by Gasteiger charge is 2.31. The summed E-state index contributed by atoms with van der Waals surface area (Å²) >= 11 is 0. The van der Waals surface area contributed by atoms with E-state index in [2.05, 4.69) is 10.5 Å². The molecule has 1 saturated carbocycles. The standard InChI is InChI=1S/C16H24N2O4/c1-16(2,3)13-9-12(18-22-13)14(19)17-11-8-6-4-5-7-10(11)15(20)21/h9-11H,4-8H2,1-3H3,(H,17,19)(H,20,21)/t10-,11+/m1/s1. The smallest absolute Gasteiger partial charge is 0.308 e. The summed E-state index contributed by atoms with van der Waals surface area (Å²) in [6, 6.07) is 1.28. The van der Waals surface area contributed by atoms with Crippen molar-refractivity contribution in [1.29, 1.82) is 0 Å². The first-order chi connectivity index (χ1) is 10.3. The summed E-state index contributed by atoms with van der Waals surface area (Å²) in [7, 11) is 0. The molecule has 1 heterocycles. The van der Waals surface area contributed by atoms with Crippen molar-refractivity contribution in [3.63, 3.8) is 0 Å². The lowest BCUT2D eigenvalue weighted by Gasteiger charge is -2.22. The van der Waals surface area contributed by atoms with Crippen LogP contribution in [0.5, 0.6) is 0 Å². The number of carboxylic acids is 1. The number of aliphatic carboxylic acids is 1. The van der Waals surface area contributed by atoms with Gasteiger partial charge in [-0.2, -0.15) is 0 Å². The highest BCUT2D eigenvalue weighted by atomic mass is 16.5. The molecule has 0 bridgehead atoms. The Morgan fingerprint density at radius 1 is 1.27 bits per heavy atom. The van der Waals surface area contributed by atoms with Crippen molar-refractivity contribution in [1.82, 2.24) is 10.5 Å². The highest BCUT2D eigenvalue weighted by molar-refractivity contribution is 5.92. The molecule has 0 aromatic carbocycles. The molecule has 122 valence electrons. The number of nitrogens with zero attached hydrogens (tertiary/aromatic N) is 1. The number of carbonyl (C=O) groups excluding carboxylic acids is 1. The molecule has 1 aromatic heterocycles. The van der Waals surface area contributed by atoms with Crippen LogP contribution in [0.25, 0.3) is 0 Å². The van der Waals surface area contributed by atoms with Gasteiger partial charge in [0.15, 0.2) is 5.69 Å². The zero-order valence-electron chi connectivity index (χ0n) is 13.4. The number of carboxylic acid groups (broad SMARTS) is 1. The lowest BCUT2D eigenvalue weighted by molar-refractivity contribution is -0.142. The molecule has 1 fully saturated rings. The molecule has 22 heavy (non-hydrogen) atoms. The van der Waals surface area contributed by atoms with Gasteiger partial charge in [0, 0.05) is 17.5 Å². The van der Waals surface area contributed by atoms with Crippen LogP contribution in [0.3, 0.4) is 0 Å². The Morgan fingerprint density at radius 3 is 2.55 bits per heavy atom. The van der Waals surface area contributed by atoms with Crippen molar-refractivity contribution < 1.29 is 19.2 Å². The second-order valence-electron chi connectivity index (χ2n) is 6.99. The van der Waals surface area contributed by atoms with Gasteiger partial charge in [0.1, 0.15) is 5.76 Å². The number of rotatable bonds is 3. The second kappa shape index (κ2) is 6.50. The van der Waals surface area contributed by atoms with Crippen LogP contribution >= 0.6 is 0 Å². The Kier molecular flexibility index (Phi) is 4.88. The van der Waals surface area contributed by atoms with Crippen molar-refractivity contribution in [3.05, 3.63) is 17.5 Å². The third-order valence-electron chi connectivity index (χ3n) is 4.13. The molecule has 0 saturated heterocycles. The van der Waals surface area contributed by atoms with Crippen molar-refractivity contribution >= 4 is 11.9 Å². The molecule has 6 heteroatoms. The van der Waals surface area contributed by atoms with Crippen LogP contribution in [-0.4, -0.2) is 28.2 Å². The Hall–Kier alpha value is -1.85. The summed E-state index contributed by atoms with van der Waals surface area (Å²) in [4.78, 5) is 23.7. The summed E-state index contributed by atoms with van der Waals surface area (Å²) in [5, 5.41) is 16.0. The van der Waals surface area contributed by atoms with Gasteiger partial charge in [-0.3, -0.25) is 9.59 Å². The summed E-state index contributed by atoms with van der Waals surface area (Å²) < 4.78 is 5.21. The van der Waals surface area contributed by atoms with Gasteiger partial charge in [0.25, 0.3) is 5.91 Å². The zero-order chi connectivity index (χ0) is 16.3. The van der Waals surface area contributed by atoms with E-state index in [4.69, 9.17) is 4.52 Å². The minimum Gasteiger partial charge on any atom is -0.481 e. The molecule has 0 radical (unpaired) electrons. The number of hydrogen-bond donors (Lipinski definition) is 2. The molecule has 0 unspecified atom stereocenters. The predicted octanol–water partition coefficient (Wildman–Crippen LogP) is 2.74. The highest BCUT2D eigenvalue weighted by Crippen LogP contribution is 2.25. The van der Waals surface area contributed by atoms with Gasteiger partial charge in [0.2, 0.25) is 0 Å². The van der Waals surface area contributed by atoms with Gasteiger partial charge in [-0.05, 0) is 12.8 Å². The van der Waals surface area contributed by atoms with Crippen LogP contribution in [0.15, 0.2) is 10.6 Å². The van der Waals surface area contributed by atoms with E-state index >= 15 is 0 Å². The second-order valence-corrected chi connectivity index (χ2v) is 6.99. The van der Waals surface area contributed by atoms with E-state index < -0.39 is 11.9 Å². The minimum absolute atomic E-state index is 0.207. The normalized spacial score (nSPS) is 22.9. The lowest BCUT2D eigenvalue weighted by Crippen LogP contribution is -2.42. The molecular weight excluding hydrogens is 284 g/mol. The van der Waals surface area contributed by atoms with E-state index in [1.807, 2.05) is 20.8 Å². The van der Waals surface area contributed by atoms with E-state index in [0.29, 0.717) is 18.6 Å². The first kappa shape index (κ1) is 16.5. The van der Waals surface area contributed by atoms with Crippen molar-refractivity contribution in [2.45, 2.75) is 64.3 Å². The predicted molar refractivity (Wildman–Crippen MR) is 80.7 cm³/mol. The minimum atomic E-state index is -0.845.